The van der Waals surface area contributed by atoms with Crippen LogP contribution in [0.4, 0.5) is 0 Å². The van der Waals surface area contributed by atoms with E-state index in [0.29, 0.717) is 12.5 Å². The van der Waals surface area contributed by atoms with Crippen LogP contribution >= 0.6 is 0 Å². The van der Waals surface area contributed by atoms with Crippen LogP contribution in [0, 0.1) is 0 Å². The van der Waals surface area contributed by atoms with E-state index in [1.165, 1.54) is 0 Å². The van der Waals surface area contributed by atoms with E-state index in [-0.39, 0.29) is 5.60 Å². The first-order chi connectivity index (χ1) is 6.55. The summed E-state index contributed by atoms with van der Waals surface area (Å²) in [5.74, 6) is 5.91. The SMILES string of the molecule is CCCNC(=NCC(C)(C)OC)NN. The number of nitrogens with one attached hydrogen (secondary N) is 2. The number of methoxy groups -OCH3 is 1. The molecule has 0 aliphatic carbocycles. The van der Waals surface area contributed by atoms with Crippen LogP contribution in [0.3, 0.4) is 0 Å². The third kappa shape index (κ3) is 5.77. The number of aliphatic imine (C=N–C) groups is 1. The molecule has 0 aromatic heterocycles. The lowest BCUT2D eigenvalue weighted by Gasteiger charge is -2.20. The highest BCUT2D eigenvalue weighted by atomic mass is 16.5. The average molecular weight is 202 g/mol. The molecule has 0 rings (SSSR count). The van der Waals surface area contributed by atoms with Crippen molar-refractivity contribution < 1.29 is 4.74 Å². The third-order valence-electron chi connectivity index (χ3n) is 1.85. The Kier molecular flexibility index (Phi) is 6.23. The summed E-state index contributed by atoms with van der Waals surface area (Å²) >= 11 is 0. The summed E-state index contributed by atoms with van der Waals surface area (Å²) in [6.07, 6.45) is 1.04. The van der Waals surface area contributed by atoms with E-state index >= 15 is 0 Å². The lowest BCUT2D eigenvalue weighted by Crippen LogP contribution is -2.43. The monoisotopic (exact) mass is 202 g/mol. The average Bonchev–Trinajstić information content (AvgIpc) is 2.18. The highest BCUT2D eigenvalue weighted by molar-refractivity contribution is 5.79. The van der Waals surface area contributed by atoms with Crippen LogP contribution in [0.5, 0.6) is 0 Å². The van der Waals surface area contributed by atoms with E-state index in [9.17, 15) is 0 Å². The highest BCUT2D eigenvalue weighted by Crippen LogP contribution is 2.06. The second-order valence-electron chi connectivity index (χ2n) is 3.70. The van der Waals surface area contributed by atoms with Gasteiger partial charge in [-0.15, -0.1) is 0 Å². The van der Waals surface area contributed by atoms with Crippen molar-refractivity contribution in [3.05, 3.63) is 0 Å². The number of nitrogens with two attached hydrogens (primary N) is 1. The molecule has 0 saturated carbocycles. The maximum atomic E-state index is 5.30. The third-order valence-corrected chi connectivity index (χ3v) is 1.85. The normalized spacial score (nSPS) is 12.8. The molecule has 0 aromatic carbocycles. The Hall–Kier alpha value is -0.810. The summed E-state index contributed by atoms with van der Waals surface area (Å²) in [5, 5.41) is 3.07. The van der Waals surface area contributed by atoms with Crippen molar-refractivity contribution in [1.82, 2.24) is 10.7 Å². The van der Waals surface area contributed by atoms with Gasteiger partial charge in [0.25, 0.3) is 0 Å². The summed E-state index contributed by atoms with van der Waals surface area (Å²) in [7, 11) is 1.67. The van der Waals surface area contributed by atoms with E-state index in [1.807, 2.05) is 13.8 Å². The van der Waals surface area contributed by atoms with Crippen LogP contribution in [0.25, 0.3) is 0 Å². The van der Waals surface area contributed by atoms with Gasteiger partial charge < -0.3 is 10.1 Å². The smallest absolute Gasteiger partial charge is 0.205 e. The molecule has 0 unspecified atom stereocenters. The minimum atomic E-state index is -0.254. The Morgan fingerprint density at radius 1 is 1.50 bits per heavy atom. The van der Waals surface area contributed by atoms with Gasteiger partial charge >= 0.3 is 0 Å². The topological polar surface area (TPSA) is 71.7 Å². The first kappa shape index (κ1) is 13.2. The molecule has 0 saturated heterocycles. The summed E-state index contributed by atoms with van der Waals surface area (Å²) < 4.78 is 5.23. The number of hydrazine groups is 1. The van der Waals surface area contributed by atoms with Gasteiger partial charge in [-0.2, -0.15) is 0 Å². The lowest BCUT2D eigenvalue weighted by molar-refractivity contribution is 0.0310. The molecule has 5 nitrogen and oxygen atoms in total. The Morgan fingerprint density at radius 3 is 2.57 bits per heavy atom. The molecule has 0 atom stereocenters. The molecule has 14 heavy (non-hydrogen) atoms. The number of guanidine groups is 1. The zero-order valence-corrected chi connectivity index (χ0v) is 9.55. The molecule has 0 fully saturated rings. The minimum absolute atomic E-state index is 0.254. The van der Waals surface area contributed by atoms with Crippen LogP contribution < -0.4 is 16.6 Å². The molecule has 4 N–H and O–H groups in total. The van der Waals surface area contributed by atoms with Crippen molar-refractivity contribution in [1.29, 1.82) is 0 Å². The molecule has 5 heteroatoms. The number of hydrogen-bond acceptors (Lipinski definition) is 3. The van der Waals surface area contributed by atoms with E-state index in [1.54, 1.807) is 7.11 Å². The Balaban J connectivity index is 4.03. The van der Waals surface area contributed by atoms with Crippen LogP contribution in [-0.2, 0) is 4.74 Å². The van der Waals surface area contributed by atoms with Crippen molar-refractivity contribution in [2.75, 3.05) is 20.2 Å². The first-order valence-corrected chi connectivity index (χ1v) is 4.86. The molecule has 0 aliphatic heterocycles. The van der Waals surface area contributed by atoms with Gasteiger partial charge in [0, 0.05) is 13.7 Å². The van der Waals surface area contributed by atoms with E-state index in [4.69, 9.17) is 10.6 Å². The fourth-order valence-electron chi connectivity index (χ4n) is 0.730. The van der Waals surface area contributed by atoms with Crippen LogP contribution in [-0.4, -0.2) is 31.8 Å². The maximum Gasteiger partial charge on any atom is 0.205 e. The Morgan fingerprint density at radius 2 is 2.14 bits per heavy atom. The minimum Gasteiger partial charge on any atom is -0.377 e. The fourth-order valence-corrected chi connectivity index (χ4v) is 0.730. The van der Waals surface area contributed by atoms with Crippen LogP contribution in [0.1, 0.15) is 27.2 Å². The molecule has 0 aromatic rings. The van der Waals surface area contributed by atoms with Crippen molar-refractivity contribution in [3.63, 3.8) is 0 Å². The van der Waals surface area contributed by atoms with Gasteiger partial charge in [-0.1, -0.05) is 6.92 Å². The first-order valence-electron chi connectivity index (χ1n) is 4.86. The predicted octanol–water partition coefficient (Wildman–Crippen LogP) is 0.230. The largest absolute Gasteiger partial charge is 0.377 e. The molecule has 0 spiro atoms. The standard InChI is InChI=1S/C9H22N4O/c1-5-6-11-8(13-10)12-7-9(2,3)14-4/h5-7,10H2,1-4H3,(H2,11,12,13). The Labute approximate surface area is 86.1 Å². The number of ether oxygens (including phenoxy) is 1. The zero-order valence-electron chi connectivity index (χ0n) is 9.55. The molecule has 0 radical (unpaired) electrons. The van der Waals surface area contributed by atoms with Gasteiger partial charge in [-0.3, -0.25) is 5.43 Å². The van der Waals surface area contributed by atoms with Crippen molar-refractivity contribution in [2.45, 2.75) is 32.8 Å². The Bertz CT molecular complexity index is 180. The zero-order chi connectivity index (χ0) is 11.0. The molecule has 0 amide bonds. The molecular formula is C9H22N4O. The van der Waals surface area contributed by atoms with E-state index in [0.717, 1.165) is 13.0 Å². The van der Waals surface area contributed by atoms with Crippen LogP contribution in [0.15, 0.2) is 4.99 Å². The van der Waals surface area contributed by atoms with Crippen molar-refractivity contribution in [3.8, 4) is 0 Å². The molecular weight excluding hydrogens is 180 g/mol. The van der Waals surface area contributed by atoms with Crippen LogP contribution in [0.2, 0.25) is 0 Å². The van der Waals surface area contributed by atoms with Crippen molar-refractivity contribution >= 4 is 5.96 Å². The second-order valence-corrected chi connectivity index (χ2v) is 3.70. The quantitative estimate of drug-likeness (QED) is 0.258. The van der Waals surface area contributed by atoms with E-state index in [2.05, 4.69) is 22.7 Å². The van der Waals surface area contributed by atoms with E-state index < -0.39 is 0 Å². The summed E-state index contributed by atoms with van der Waals surface area (Å²) in [5.41, 5.74) is 2.26. The van der Waals surface area contributed by atoms with Gasteiger partial charge in [-0.05, 0) is 20.3 Å². The summed E-state index contributed by atoms with van der Waals surface area (Å²) in [4.78, 5) is 4.27. The number of hydrogen-bond donors (Lipinski definition) is 3. The summed E-state index contributed by atoms with van der Waals surface area (Å²) in [6.45, 7) is 7.46. The molecule has 84 valence electrons. The van der Waals surface area contributed by atoms with Gasteiger partial charge in [0.05, 0.1) is 12.1 Å². The van der Waals surface area contributed by atoms with Gasteiger partial charge in [-0.25, -0.2) is 10.8 Å². The predicted molar refractivity (Wildman–Crippen MR) is 59.0 cm³/mol. The fraction of sp³-hybridized carbons (Fsp3) is 0.889. The molecule has 0 bridgehead atoms. The lowest BCUT2D eigenvalue weighted by atomic mass is 10.1. The van der Waals surface area contributed by atoms with Crippen molar-refractivity contribution in [2.24, 2.45) is 10.8 Å². The number of nitrogens with zero attached hydrogens (tertiary/aromatic N) is 1. The second kappa shape index (κ2) is 6.62. The summed E-state index contributed by atoms with van der Waals surface area (Å²) in [6, 6.07) is 0. The number of rotatable bonds is 5. The highest BCUT2D eigenvalue weighted by Gasteiger charge is 2.15. The van der Waals surface area contributed by atoms with Gasteiger partial charge in [0.2, 0.25) is 5.96 Å². The molecule has 0 aliphatic rings. The van der Waals surface area contributed by atoms with Gasteiger partial charge in [0.1, 0.15) is 0 Å². The maximum absolute atomic E-state index is 5.30. The van der Waals surface area contributed by atoms with Gasteiger partial charge in [0.15, 0.2) is 0 Å². The molecule has 0 heterocycles.